The molecule has 0 aliphatic heterocycles. The lowest BCUT2D eigenvalue weighted by molar-refractivity contribution is -0.118. The van der Waals surface area contributed by atoms with E-state index < -0.39 is 24.1 Å². The van der Waals surface area contributed by atoms with Gasteiger partial charge in [0.05, 0.1) is 5.56 Å². The predicted octanol–water partition coefficient (Wildman–Crippen LogP) is 2.18. The second-order valence-electron chi connectivity index (χ2n) is 6.43. The number of nitrogen functional groups attached to an aromatic ring is 1. The Bertz CT molecular complexity index is 1260. The zero-order chi connectivity index (χ0) is 22.0. The number of rotatable bonds is 5. The molecule has 2 aromatic carbocycles. The van der Waals surface area contributed by atoms with Crippen molar-refractivity contribution in [3.8, 4) is 28.2 Å². The maximum absolute atomic E-state index is 14.3. The molecule has 0 aliphatic carbocycles. The SMILES string of the molecule is Nc1ncc(-c2ccc(NC(=O)CO)cc2)cc1-c1nnnn1-c1cccc(F)c1F. The van der Waals surface area contributed by atoms with E-state index in [-0.39, 0.29) is 17.3 Å². The van der Waals surface area contributed by atoms with Crippen LogP contribution in [0.4, 0.5) is 20.3 Å². The number of benzene rings is 2. The number of aliphatic hydroxyl groups excluding tert-OH is 1. The van der Waals surface area contributed by atoms with Gasteiger partial charge in [0.25, 0.3) is 0 Å². The van der Waals surface area contributed by atoms with Crippen LogP contribution in [0, 0.1) is 11.6 Å². The number of halogens is 2. The van der Waals surface area contributed by atoms with Crippen molar-refractivity contribution in [3.05, 3.63) is 66.4 Å². The Kier molecular flexibility index (Phi) is 5.33. The van der Waals surface area contributed by atoms with Crippen LogP contribution in [-0.4, -0.2) is 42.8 Å². The van der Waals surface area contributed by atoms with Gasteiger partial charge in [-0.2, -0.15) is 4.68 Å². The molecule has 11 heteroatoms. The number of carbonyl (C=O) groups excluding carboxylic acids is 1. The van der Waals surface area contributed by atoms with E-state index in [1.54, 1.807) is 30.3 Å². The number of pyridine rings is 1. The number of aromatic nitrogens is 5. The first-order chi connectivity index (χ1) is 15.0. The Labute approximate surface area is 174 Å². The third-order valence-corrected chi connectivity index (χ3v) is 4.43. The molecule has 0 spiro atoms. The number of aliphatic hydroxyl groups is 1. The largest absolute Gasteiger partial charge is 0.387 e. The number of tetrazole rings is 1. The quantitative estimate of drug-likeness (QED) is 0.448. The zero-order valence-corrected chi connectivity index (χ0v) is 15.8. The van der Waals surface area contributed by atoms with E-state index >= 15 is 0 Å². The summed E-state index contributed by atoms with van der Waals surface area (Å²) in [5, 5.41) is 22.6. The van der Waals surface area contributed by atoms with Crippen molar-refractivity contribution in [2.24, 2.45) is 0 Å². The van der Waals surface area contributed by atoms with E-state index in [2.05, 4.69) is 25.8 Å². The molecule has 2 aromatic heterocycles. The Morgan fingerprint density at radius 2 is 1.90 bits per heavy atom. The molecule has 0 saturated carbocycles. The summed E-state index contributed by atoms with van der Waals surface area (Å²) in [6.45, 7) is -0.617. The molecular weight excluding hydrogens is 408 g/mol. The van der Waals surface area contributed by atoms with Crippen LogP contribution in [0.2, 0.25) is 0 Å². The van der Waals surface area contributed by atoms with E-state index in [1.165, 1.54) is 18.3 Å². The van der Waals surface area contributed by atoms with Gasteiger partial charge in [0, 0.05) is 17.4 Å². The Morgan fingerprint density at radius 3 is 2.65 bits per heavy atom. The fraction of sp³-hybridized carbons (Fsp3) is 0.0500. The minimum Gasteiger partial charge on any atom is -0.387 e. The number of nitrogens with two attached hydrogens (primary N) is 1. The Morgan fingerprint density at radius 1 is 1.13 bits per heavy atom. The summed E-state index contributed by atoms with van der Waals surface area (Å²) >= 11 is 0. The average Bonchev–Trinajstić information content (AvgIpc) is 3.26. The standard InChI is InChI=1S/C20H15F2N7O2/c21-15-2-1-3-16(18(15)22)29-20(26-27-28-29)14-8-12(9-24-19(14)23)11-4-6-13(7-5-11)25-17(31)10-30/h1-9,30H,10H2,(H2,23,24)(H,25,31). The van der Waals surface area contributed by atoms with Crippen molar-refractivity contribution in [2.45, 2.75) is 0 Å². The summed E-state index contributed by atoms with van der Waals surface area (Å²) in [4.78, 5) is 15.5. The van der Waals surface area contributed by atoms with Crippen LogP contribution in [0.3, 0.4) is 0 Å². The van der Waals surface area contributed by atoms with E-state index in [9.17, 15) is 13.6 Å². The molecule has 0 radical (unpaired) electrons. The summed E-state index contributed by atoms with van der Waals surface area (Å²) in [6.07, 6.45) is 1.54. The van der Waals surface area contributed by atoms with E-state index in [1.807, 2.05) is 0 Å². The molecule has 9 nitrogen and oxygen atoms in total. The fourth-order valence-corrected chi connectivity index (χ4v) is 2.93. The Balaban J connectivity index is 1.73. The lowest BCUT2D eigenvalue weighted by atomic mass is 10.0. The fourth-order valence-electron chi connectivity index (χ4n) is 2.93. The third-order valence-electron chi connectivity index (χ3n) is 4.43. The van der Waals surface area contributed by atoms with Gasteiger partial charge < -0.3 is 16.2 Å². The molecule has 0 bridgehead atoms. The summed E-state index contributed by atoms with van der Waals surface area (Å²) < 4.78 is 29.0. The first-order valence-electron chi connectivity index (χ1n) is 8.97. The summed E-state index contributed by atoms with van der Waals surface area (Å²) in [6, 6.07) is 12.1. The van der Waals surface area contributed by atoms with Crippen LogP contribution in [0.5, 0.6) is 0 Å². The molecule has 31 heavy (non-hydrogen) atoms. The van der Waals surface area contributed by atoms with Crippen LogP contribution >= 0.6 is 0 Å². The molecule has 0 fully saturated rings. The highest BCUT2D eigenvalue weighted by Crippen LogP contribution is 2.30. The maximum atomic E-state index is 14.3. The van der Waals surface area contributed by atoms with Gasteiger partial charge in [0.15, 0.2) is 17.5 Å². The topological polar surface area (TPSA) is 132 Å². The molecule has 1 amide bonds. The molecule has 0 aliphatic rings. The number of hydrogen-bond acceptors (Lipinski definition) is 7. The summed E-state index contributed by atoms with van der Waals surface area (Å²) in [5.41, 5.74) is 8.06. The van der Waals surface area contributed by atoms with Gasteiger partial charge in [-0.3, -0.25) is 4.79 Å². The van der Waals surface area contributed by atoms with Crippen molar-refractivity contribution in [1.82, 2.24) is 25.2 Å². The van der Waals surface area contributed by atoms with Crippen molar-refractivity contribution in [1.29, 1.82) is 0 Å². The van der Waals surface area contributed by atoms with Crippen molar-refractivity contribution in [2.75, 3.05) is 17.7 Å². The molecule has 4 aromatic rings. The van der Waals surface area contributed by atoms with Gasteiger partial charge in [-0.15, -0.1) is 5.10 Å². The summed E-state index contributed by atoms with van der Waals surface area (Å²) in [7, 11) is 0. The number of carbonyl (C=O) groups is 1. The van der Waals surface area contributed by atoms with Crippen LogP contribution < -0.4 is 11.1 Å². The van der Waals surface area contributed by atoms with Crippen molar-refractivity contribution < 1.29 is 18.7 Å². The molecule has 0 saturated heterocycles. The minimum absolute atomic E-state index is 0.0863. The molecule has 4 rings (SSSR count). The Hall–Kier alpha value is -4.25. The predicted molar refractivity (Wildman–Crippen MR) is 108 cm³/mol. The lowest BCUT2D eigenvalue weighted by Gasteiger charge is -2.10. The second-order valence-corrected chi connectivity index (χ2v) is 6.43. The van der Waals surface area contributed by atoms with Crippen LogP contribution in [0.25, 0.3) is 28.2 Å². The highest BCUT2D eigenvalue weighted by atomic mass is 19.2. The number of nitrogens with zero attached hydrogens (tertiary/aromatic N) is 5. The van der Waals surface area contributed by atoms with Gasteiger partial charge in [0.2, 0.25) is 5.91 Å². The normalized spacial score (nSPS) is 10.8. The first kappa shape index (κ1) is 20.0. The molecule has 156 valence electrons. The number of hydrogen-bond donors (Lipinski definition) is 3. The maximum Gasteiger partial charge on any atom is 0.250 e. The number of amides is 1. The highest BCUT2D eigenvalue weighted by molar-refractivity contribution is 5.91. The van der Waals surface area contributed by atoms with E-state index in [4.69, 9.17) is 10.8 Å². The van der Waals surface area contributed by atoms with Gasteiger partial charge in [-0.25, -0.2) is 13.8 Å². The van der Waals surface area contributed by atoms with Gasteiger partial charge in [0.1, 0.15) is 18.1 Å². The van der Waals surface area contributed by atoms with Gasteiger partial charge in [-0.05, 0) is 46.3 Å². The molecule has 2 heterocycles. The zero-order valence-electron chi connectivity index (χ0n) is 15.8. The number of nitrogens with one attached hydrogen (secondary N) is 1. The van der Waals surface area contributed by atoms with Crippen LogP contribution in [-0.2, 0) is 4.79 Å². The monoisotopic (exact) mass is 423 g/mol. The smallest absolute Gasteiger partial charge is 0.250 e. The average molecular weight is 423 g/mol. The number of anilines is 2. The first-order valence-corrected chi connectivity index (χ1v) is 8.97. The molecule has 0 unspecified atom stereocenters. The third kappa shape index (κ3) is 3.94. The van der Waals surface area contributed by atoms with Gasteiger partial charge in [-0.1, -0.05) is 18.2 Å². The molecule has 4 N–H and O–H groups in total. The van der Waals surface area contributed by atoms with E-state index in [0.717, 1.165) is 16.3 Å². The van der Waals surface area contributed by atoms with Gasteiger partial charge >= 0.3 is 0 Å². The van der Waals surface area contributed by atoms with Crippen LogP contribution in [0.15, 0.2) is 54.7 Å². The van der Waals surface area contributed by atoms with Crippen molar-refractivity contribution >= 4 is 17.4 Å². The minimum atomic E-state index is -1.10. The second kappa shape index (κ2) is 8.24. The van der Waals surface area contributed by atoms with Crippen LogP contribution in [0.1, 0.15) is 0 Å². The summed E-state index contributed by atoms with van der Waals surface area (Å²) in [5.74, 6) is -2.47. The lowest BCUT2D eigenvalue weighted by Crippen LogP contribution is -2.15. The van der Waals surface area contributed by atoms with Crippen molar-refractivity contribution in [3.63, 3.8) is 0 Å². The highest BCUT2D eigenvalue weighted by Gasteiger charge is 2.19. The molecule has 0 atom stereocenters. The molecular formula is C20H15F2N7O2. The van der Waals surface area contributed by atoms with E-state index in [0.29, 0.717) is 16.8 Å².